The molecule has 0 bridgehead atoms. The van der Waals surface area contributed by atoms with Crippen molar-refractivity contribution in [1.82, 2.24) is 0 Å². The fourth-order valence-electron chi connectivity index (χ4n) is 1.49. The van der Waals surface area contributed by atoms with Crippen LogP contribution < -0.4 is 11.2 Å². The first-order chi connectivity index (χ1) is 8.25. The highest BCUT2D eigenvalue weighted by Gasteiger charge is 1.97. The molecule has 0 amide bonds. The number of nitrogens with two attached hydrogens (primary N) is 1. The molecule has 2 aromatic carbocycles. The molecule has 0 radical (unpaired) electrons. The third kappa shape index (κ3) is 3.08. The normalized spacial score (nSPS) is 11.2. The van der Waals surface area contributed by atoms with Crippen molar-refractivity contribution in [3.63, 3.8) is 0 Å². The van der Waals surface area contributed by atoms with E-state index in [1.807, 2.05) is 61.5 Å². The summed E-state index contributed by atoms with van der Waals surface area (Å²) in [5, 5.41) is 4.32. The highest BCUT2D eigenvalue weighted by atomic mass is 15.3. The average molecular weight is 225 g/mol. The highest BCUT2D eigenvalue weighted by molar-refractivity contribution is 5.99. The quantitative estimate of drug-likeness (QED) is 0.479. The van der Waals surface area contributed by atoms with Gasteiger partial charge in [0.25, 0.3) is 0 Å². The van der Waals surface area contributed by atoms with E-state index >= 15 is 0 Å². The van der Waals surface area contributed by atoms with Crippen molar-refractivity contribution in [2.75, 3.05) is 11.2 Å². The standard InChI is InChI=1S/C14H15N3/c1-11(12-6-5-7-13(15)10-12)16-17-14-8-3-2-4-9-14/h2-10,17H,15H2,1H3/b16-11-. The third-order valence-corrected chi connectivity index (χ3v) is 2.43. The van der Waals surface area contributed by atoms with Crippen molar-refractivity contribution in [1.29, 1.82) is 0 Å². The summed E-state index contributed by atoms with van der Waals surface area (Å²) >= 11 is 0. The number of anilines is 2. The molecule has 0 aliphatic carbocycles. The Bertz CT molecular complexity index is 518. The zero-order chi connectivity index (χ0) is 12.1. The van der Waals surface area contributed by atoms with Crippen LogP contribution in [-0.2, 0) is 0 Å². The molecule has 17 heavy (non-hydrogen) atoms. The Hall–Kier alpha value is -2.29. The first-order valence-electron chi connectivity index (χ1n) is 5.47. The van der Waals surface area contributed by atoms with Gasteiger partial charge in [-0.25, -0.2) is 0 Å². The number of hydrogen-bond donors (Lipinski definition) is 2. The molecule has 0 atom stereocenters. The number of hydrazone groups is 1. The van der Waals surface area contributed by atoms with Gasteiger partial charge in [0.1, 0.15) is 0 Å². The van der Waals surface area contributed by atoms with E-state index < -0.39 is 0 Å². The predicted octanol–water partition coefficient (Wildman–Crippen LogP) is 3.10. The molecule has 0 aromatic heterocycles. The molecule has 0 spiro atoms. The lowest BCUT2D eigenvalue weighted by molar-refractivity contribution is 1.32. The number of para-hydroxylation sites is 1. The van der Waals surface area contributed by atoms with Gasteiger partial charge in [-0.15, -0.1) is 0 Å². The van der Waals surface area contributed by atoms with E-state index in [0.29, 0.717) is 0 Å². The van der Waals surface area contributed by atoms with E-state index in [0.717, 1.165) is 22.6 Å². The fraction of sp³-hybridized carbons (Fsp3) is 0.0714. The molecular formula is C14H15N3. The van der Waals surface area contributed by atoms with E-state index in [1.165, 1.54) is 0 Å². The summed E-state index contributed by atoms with van der Waals surface area (Å²) in [7, 11) is 0. The van der Waals surface area contributed by atoms with Crippen LogP contribution in [0.15, 0.2) is 59.7 Å². The highest BCUT2D eigenvalue weighted by Crippen LogP contribution is 2.09. The molecule has 3 heteroatoms. The van der Waals surface area contributed by atoms with Crippen LogP contribution >= 0.6 is 0 Å². The van der Waals surface area contributed by atoms with Crippen LogP contribution in [0.3, 0.4) is 0 Å². The summed E-state index contributed by atoms with van der Waals surface area (Å²) in [6, 6.07) is 17.5. The van der Waals surface area contributed by atoms with Gasteiger partial charge in [-0.1, -0.05) is 30.3 Å². The van der Waals surface area contributed by atoms with Crippen LogP contribution in [-0.4, -0.2) is 5.71 Å². The molecule has 0 saturated carbocycles. The topological polar surface area (TPSA) is 50.4 Å². The number of nitrogens with one attached hydrogen (secondary N) is 1. The first kappa shape index (κ1) is 11.2. The molecule has 2 aromatic rings. The summed E-state index contributed by atoms with van der Waals surface area (Å²) in [5.74, 6) is 0. The molecule has 86 valence electrons. The van der Waals surface area contributed by atoms with Crippen molar-refractivity contribution < 1.29 is 0 Å². The minimum Gasteiger partial charge on any atom is -0.399 e. The number of nitrogen functional groups attached to an aromatic ring is 1. The number of benzene rings is 2. The molecule has 0 fully saturated rings. The fourth-order valence-corrected chi connectivity index (χ4v) is 1.49. The monoisotopic (exact) mass is 225 g/mol. The second kappa shape index (κ2) is 5.16. The summed E-state index contributed by atoms with van der Waals surface area (Å²) in [6.45, 7) is 1.95. The van der Waals surface area contributed by atoms with Gasteiger partial charge < -0.3 is 5.73 Å². The molecule has 2 rings (SSSR count). The van der Waals surface area contributed by atoms with E-state index in [4.69, 9.17) is 5.73 Å². The van der Waals surface area contributed by atoms with Crippen molar-refractivity contribution >= 4 is 17.1 Å². The predicted molar refractivity (Wildman–Crippen MR) is 73.1 cm³/mol. The molecule has 0 unspecified atom stereocenters. The molecule has 3 N–H and O–H groups in total. The summed E-state index contributed by atoms with van der Waals surface area (Å²) in [6.07, 6.45) is 0. The van der Waals surface area contributed by atoms with Gasteiger partial charge in [0.15, 0.2) is 0 Å². The van der Waals surface area contributed by atoms with Crippen LogP contribution in [0.5, 0.6) is 0 Å². The summed E-state index contributed by atoms with van der Waals surface area (Å²) in [4.78, 5) is 0. The Morgan fingerprint density at radius 2 is 1.82 bits per heavy atom. The Kier molecular flexibility index (Phi) is 3.40. The number of hydrogen-bond acceptors (Lipinski definition) is 3. The van der Waals surface area contributed by atoms with Crippen molar-refractivity contribution in [3.8, 4) is 0 Å². The van der Waals surface area contributed by atoms with Gasteiger partial charge in [0.2, 0.25) is 0 Å². The van der Waals surface area contributed by atoms with E-state index in [2.05, 4.69) is 10.5 Å². The zero-order valence-corrected chi connectivity index (χ0v) is 9.72. The Labute approximate surface area is 101 Å². The molecule has 0 heterocycles. The molecular weight excluding hydrogens is 210 g/mol. The lowest BCUT2D eigenvalue weighted by Crippen LogP contribution is -2.00. The molecule has 0 aliphatic heterocycles. The van der Waals surface area contributed by atoms with Gasteiger partial charge >= 0.3 is 0 Å². The van der Waals surface area contributed by atoms with E-state index in [1.54, 1.807) is 0 Å². The minimum absolute atomic E-state index is 0.747. The largest absolute Gasteiger partial charge is 0.399 e. The Morgan fingerprint density at radius 1 is 1.06 bits per heavy atom. The van der Waals surface area contributed by atoms with Gasteiger partial charge in [0, 0.05) is 5.69 Å². The Morgan fingerprint density at radius 3 is 2.53 bits per heavy atom. The van der Waals surface area contributed by atoms with Gasteiger partial charge in [-0.05, 0) is 36.8 Å². The summed E-state index contributed by atoms with van der Waals surface area (Å²) < 4.78 is 0. The lowest BCUT2D eigenvalue weighted by atomic mass is 10.1. The third-order valence-electron chi connectivity index (χ3n) is 2.43. The molecule has 3 nitrogen and oxygen atoms in total. The number of nitrogens with zero attached hydrogens (tertiary/aromatic N) is 1. The van der Waals surface area contributed by atoms with E-state index in [9.17, 15) is 0 Å². The minimum atomic E-state index is 0.747. The lowest BCUT2D eigenvalue weighted by Gasteiger charge is -2.04. The van der Waals surface area contributed by atoms with Crippen LogP contribution in [0.1, 0.15) is 12.5 Å². The maximum absolute atomic E-state index is 5.73. The van der Waals surface area contributed by atoms with Crippen LogP contribution in [0.4, 0.5) is 11.4 Å². The summed E-state index contributed by atoms with van der Waals surface area (Å²) in [5.41, 5.74) is 12.4. The number of rotatable bonds is 3. The van der Waals surface area contributed by atoms with E-state index in [-0.39, 0.29) is 0 Å². The molecule has 0 aliphatic rings. The first-order valence-corrected chi connectivity index (χ1v) is 5.47. The SMILES string of the molecule is C/C(=N/Nc1ccccc1)c1cccc(N)c1. The van der Waals surface area contributed by atoms with Crippen molar-refractivity contribution in [2.24, 2.45) is 5.10 Å². The van der Waals surface area contributed by atoms with Gasteiger partial charge in [0.05, 0.1) is 11.4 Å². The maximum atomic E-state index is 5.73. The second-order valence-corrected chi connectivity index (χ2v) is 3.80. The van der Waals surface area contributed by atoms with Crippen LogP contribution in [0, 0.1) is 0 Å². The smallest absolute Gasteiger partial charge is 0.0649 e. The van der Waals surface area contributed by atoms with Crippen molar-refractivity contribution in [3.05, 3.63) is 60.2 Å². The zero-order valence-electron chi connectivity index (χ0n) is 9.72. The molecule has 0 saturated heterocycles. The van der Waals surface area contributed by atoms with Crippen LogP contribution in [0.2, 0.25) is 0 Å². The Balaban J connectivity index is 2.12. The van der Waals surface area contributed by atoms with Crippen LogP contribution in [0.25, 0.3) is 0 Å². The van der Waals surface area contributed by atoms with Gasteiger partial charge in [-0.3, -0.25) is 5.43 Å². The second-order valence-electron chi connectivity index (χ2n) is 3.80. The maximum Gasteiger partial charge on any atom is 0.0649 e. The average Bonchev–Trinajstić information content (AvgIpc) is 2.37. The van der Waals surface area contributed by atoms with Gasteiger partial charge in [-0.2, -0.15) is 5.10 Å². The van der Waals surface area contributed by atoms with Crippen molar-refractivity contribution in [2.45, 2.75) is 6.92 Å².